The Hall–Kier alpha value is -1.36. The summed E-state index contributed by atoms with van der Waals surface area (Å²) in [6, 6.07) is 8.85. The lowest BCUT2D eigenvalue weighted by Crippen LogP contribution is -2.08. The van der Waals surface area contributed by atoms with Crippen LogP contribution in [0.15, 0.2) is 35.7 Å². The minimum Gasteiger partial charge on any atom is -0.490 e. The van der Waals surface area contributed by atoms with Crippen molar-refractivity contribution in [3.05, 3.63) is 51.2 Å². The first-order valence-corrected chi connectivity index (χ1v) is 6.98. The average molecular weight is 297 g/mol. The molecule has 0 bridgehead atoms. The third kappa shape index (κ3) is 3.35. The Morgan fingerprint density at radius 3 is 2.74 bits per heavy atom. The third-order valence-electron chi connectivity index (χ3n) is 2.50. The van der Waals surface area contributed by atoms with Crippen LogP contribution in [0.5, 0.6) is 5.75 Å². The molecule has 0 aliphatic rings. The monoisotopic (exact) mass is 296 g/mol. The molecule has 1 aromatic carbocycles. The Bertz CT molecular complexity index is 565. The summed E-state index contributed by atoms with van der Waals surface area (Å²) in [7, 11) is 1.60. The number of carbonyl (C=O) groups excluding carboxylic acids is 1. The fraction of sp³-hybridized carbons (Fsp3) is 0.214. The van der Waals surface area contributed by atoms with E-state index in [1.165, 1.54) is 11.3 Å². The predicted octanol–water partition coefficient (Wildman–Crippen LogP) is 3.66. The molecule has 0 atom stereocenters. The summed E-state index contributed by atoms with van der Waals surface area (Å²) in [5, 5.41) is 2.27. The van der Waals surface area contributed by atoms with Crippen molar-refractivity contribution in [3.8, 4) is 5.75 Å². The summed E-state index contributed by atoms with van der Waals surface area (Å²) >= 11 is 7.32. The summed E-state index contributed by atoms with van der Waals surface area (Å²) in [5.74, 6) is 0.432. The van der Waals surface area contributed by atoms with E-state index in [9.17, 15) is 4.79 Å². The van der Waals surface area contributed by atoms with Gasteiger partial charge in [0.25, 0.3) is 0 Å². The molecule has 0 radical (unpaired) electrons. The Kier molecular flexibility index (Phi) is 4.96. The SMILES string of the molecule is COCCOc1ccccc1C(=O)c1sccc1Cl. The summed E-state index contributed by atoms with van der Waals surface area (Å²) < 4.78 is 10.5. The van der Waals surface area contributed by atoms with E-state index in [1.54, 1.807) is 36.8 Å². The zero-order chi connectivity index (χ0) is 13.7. The van der Waals surface area contributed by atoms with E-state index in [-0.39, 0.29) is 5.78 Å². The van der Waals surface area contributed by atoms with Crippen LogP contribution in [-0.4, -0.2) is 26.1 Å². The third-order valence-corrected chi connectivity index (χ3v) is 3.84. The van der Waals surface area contributed by atoms with Gasteiger partial charge in [0.2, 0.25) is 5.78 Å². The molecule has 100 valence electrons. The standard InChI is InChI=1S/C14H13ClO3S/c1-17-7-8-18-12-5-3-2-4-10(12)13(16)14-11(15)6-9-19-14/h2-6,9H,7-8H2,1H3. The van der Waals surface area contributed by atoms with Crippen LogP contribution in [0.25, 0.3) is 0 Å². The highest BCUT2D eigenvalue weighted by Gasteiger charge is 2.18. The highest BCUT2D eigenvalue weighted by molar-refractivity contribution is 7.13. The van der Waals surface area contributed by atoms with Crippen LogP contribution in [0.3, 0.4) is 0 Å². The minimum absolute atomic E-state index is 0.118. The van der Waals surface area contributed by atoms with Gasteiger partial charge in [-0.05, 0) is 23.6 Å². The lowest BCUT2D eigenvalue weighted by atomic mass is 10.1. The minimum atomic E-state index is -0.118. The second-order valence-corrected chi connectivity index (χ2v) is 5.09. The number of hydrogen-bond acceptors (Lipinski definition) is 4. The van der Waals surface area contributed by atoms with Gasteiger partial charge in [0.1, 0.15) is 12.4 Å². The molecule has 0 spiro atoms. The number of benzene rings is 1. The smallest absolute Gasteiger partial charge is 0.208 e. The molecule has 3 nitrogen and oxygen atoms in total. The topological polar surface area (TPSA) is 35.5 Å². The van der Waals surface area contributed by atoms with Gasteiger partial charge in [0, 0.05) is 7.11 Å². The van der Waals surface area contributed by atoms with Crippen molar-refractivity contribution in [2.45, 2.75) is 0 Å². The first-order chi connectivity index (χ1) is 9.24. The van der Waals surface area contributed by atoms with E-state index in [0.29, 0.717) is 34.4 Å². The molecule has 19 heavy (non-hydrogen) atoms. The number of carbonyl (C=O) groups is 1. The number of methoxy groups -OCH3 is 1. The molecule has 0 aliphatic carbocycles. The maximum absolute atomic E-state index is 12.4. The Balaban J connectivity index is 2.24. The van der Waals surface area contributed by atoms with Crippen molar-refractivity contribution in [2.75, 3.05) is 20.3 Å². The molecular weight excluding hydrogens is 284 g/mol. The average Bonchev–Trinajstić information content (AvgIpc) is 2.85. The fourth-order valence-electron chi connectivity index (χ4n) is 1.59. The molecule has 0 amide bonds. The summed E-state index contributed by atoms with van der Waals surface area (Å²) in [6.07, 6.45) is 0. The van der Waals surface area contributed by atoms with Gasteiger partial charge in [0.15, 0.2) is 0 Å². The quantitative estimate of drug-likeness (QED) is 0.603. The van der Waals surface area contributed by atoms with Crippen molar-refractivity contribution < 1.29 is 14.3 Å². The molecule has 5 heteroatoms. The van der Waals surface area contributed by atoms with Crippen LogP contribution in [0.4, 0.5) is 0 Å². The molecule has 2 aromatic rings. The maximum atomic E-state index is 12.4. The second kappa shape index (κ2) is 6.70. The van der Waals surface area contributed by atoms with E-state index in [1.807, 2.05) is 6.07 Å². The molecule has 0 fully saturated rings. The number of ether oxygens (including phenoxy) is 2. The predicted molar refractivity (Wildman–Crippen MR) is 76.6 cm³/mol. The van der Waals surface area contributed by atoms with Gasteiger partial charge in [-0.1, -0.05) is 23.7 Å². The number of hydrogen-bond donors (Lipinski definition) is 0. The van der Waals surface area contributed by atoms with Gasteiger partial charge < -0.3 is 9.47 Å². The molecule has 1 heterocycles. The summed E-state index contributed by atoms with van der Waals surface area (Å²) in [5.41, 5.74) is 0.517. The molecule has 0 unspecified atom stereocenters. The van der Waals surface area contributed by atoms with Gasteiger partial charge in [-0.2, -0.15) is 0 Å². The normalized spacial score (nSPS) is 10.4. The molecule has 0 N–H and O–H groups in total. The summed E-state index contributed by atoms with van der Waals surface area (Å²) in [6.45, 7) is 0.876. The van der Waals surface area contributed by atoms with Crippen molar-refractivity contribution in [1.29, 1.82) is 0 Å². The van der Waals surface area contributed by atoms with Crippen LogP contribution < -0.4 is 4.74 Å². The number of thiophene rings is 1. The second-order valence-electron chi connectivity index (χ2n) is 3.76. The lowest BCUT2D eigenvalue weighted by molar-refractivity contribution is 0.103. The molecule has 0 aliphatic heterocycles. The molecule has 1 aromatic heterocycles. The van der Waals surface area contributed by atoms with Crippen LogP contribution in [0.1, 0.15) is 15.2 Å². The van der Waals surface area contributed by atoms with Crippen LogP contribution in [0.2, 0.25) is 5.02 Å². The van der Waals surface area contributed by atoms with Gasteiger partial charge >= 0.3 is 0 Å². The Morgan fingerprint density at radius 2 is 2.05 bits per heavy atom. The Labute approximate surface area is 120 Å². The number of para-hydroxylation sites is 1. The maximum Gasteiger partial charge on any atom is 0.208 e. The highest BCUT2D eigenvalue weighted by Crippen LogP contribution is 2.28. The van der Waals surface area contributed by atoms with Crippen molar-refractivity contribution in [2.24, 2.45) is 0 Å². The van der Waals surface area contributed by atoms with E-state index in [2.05, 4.69) is 0 Å². The lowest BCUT2D eigenvalue weighted by Gasteiger charge is -2.09. The van der Waals surface area contributed by atoms with E-state index in [0.717, 1.165) is 0 Å². The molecular formula is C14H13ClO3S. The van der Waals surface area contributed by atoms with E-state index in [4.69, 9.17) is 21.1 Å². The summed E-state index contributed by atoms with van der Waals surface area (Å²) in [4.78, 5) is 12.9. The zero-order valence-electron chi connectivity index (χ0n) is 10.4. The van der Waals surface area contributed by atoms with Crippen molar-refractivity contribution in [3.63, 3.8) is 0 Å². The molecule has 0 saturated carbocycles. The van der Waals surface area contributed by atoms with Gasteiger partial charge in [-0.25, -0.2) is 0 Å². The first-order valence-electron chi connectivity index (χ1n) is 5.72. The Morgan fingerprint density at radius 1 is 1.26 bits per heavy atom. The van der Waals surface area contributed by atoms with Gasteiger partial charge in [0.05, 0.1) is 22.1 Å². The van der Waals surface area contributed by atoms with E-state index >= 15 is 0 Å². The zero-order valence-corrected chi connectivity index (χ0v) is 12.0. The fourth-order valence-corrected chi connectivity index (χ4v) is 2.69. The van der Waals surface area contributed by atoms with Crippen LogP contribution in [0, 0.1) is 0 Å². The highest BCUT2D eigenvalue weighted by atomic mass is 35.5. The van der Waals surface area contributed by atoms with Gasteiger partial charge in [-0.15, -0.1) is 11.3 Å². The number of ketones is 1. The van der Waals surface area contributed by atoms with Crippen molar-refractivity contribution in [1.82, 2.24) is 0 Å². The van der Waals surface area contributed by atoms with Crippen LogP contribution in [-0.2, 0) is 4.74 Å². The number of rotatable bonds is 6. The van der Waals surface area contributed by atoms with Crippen LogP contribution >= 0.6 is 22.9 Å². The van der Waals surface area contributed by atoms with Gasteiger partial charge in [-0.3, -0.25) is 4.79 Å². The first kappa shape index (κ1) is 14.1. The number of halogens is 1. The van der Waals surface area contributed by atoms with Crippen molar-refractivity contribution >= 4 is 28.7 Å². The van der Waals surface area contributed by atoms with E-state index < -0.39 is 0 Å². The largest absolute Gasteiger partial charge is 0.490 e. The molecule has 2 rings (SSSR count). The molecule has 0 saturated heterocycles.